The average molecular weight is 324 g/mol. The molecule has 0 bridgehead atoms. The van der Waals surface area contributed by atoms with Gasteiger partial charge in [-0.1, -0.05) is 15.9 Å². The lowest BCUT2D eigenvalue weighted by molar-refractivity contribution is 0.0682. The zero-order valence-electron chi connectivity index (χ0n) is 10.9. The van der Waals surface area contributed by atoms with Crippen LogP contribution in [0.5, 0.6) is 0 Å². The molecule has 19 heavy (non-hydrogen) atoms. The smallest absolute Gasteiger partial charge is 0.352 e. The lowest BCUT2D eigenvalue weighted by Gasteiger charge is -2.20. The fourth-order valence-corrected chi connectivity index (χ4v) is 2.66. The fraction of sp³-hybridized carbons (Fsp3) is 0.286. The molecule has 0 saturated carbocycles. The molecule has 1 N–H and O–H groups in total. The molecule has 0 aliphatic rings. The van der Waals surface area contributed by atoms with Gasteiger partial charge in [0.05, 0.1) is 5.52 Å². The number of carbonyl (C=O) groups is 1. The number of aromatic carboxylic acids is 1. The Labute approximate surface area is 118 Å². The fourth-order valence-electron chi connectivity index (χ4n) is 2.31. The molecule has 0 saturated heterocycles. The van der Waals surface area contributed by atoms with Crippen molar-refractivity contribution in [3.05, 3.63) is 44.2 Å². The molecule has 100 valence electrons. The number of benzene rings is 1. The third-order valence-electron chi connectivity index (χ3n) is 3.12. The zero-order chi connectivity index (χ0) is 14.3. The molecule has 4 nitrogen and oxygen atoms in total. The average Bonchev–Trinajstić information content (AvgIpc) is 2.32. The Bertz CT molecular complexity index is 732. The maximum atomic E-state index is 12.2. The summed E-state index contributed by atoms with van der Waals surface area (Å²) in [6.45, 7) is 5.36. The molecule has 0 aliphatic carbocycles. The summed E-state index contributed by atoms with van der Waals surface area (Å²) in [7, 11) is 0. The second-order valence-corrected chi connectivity index (χ2v) is 5.65. The molecule has 0 aliphatic heterocycles. The van der Waals surface area contributed by atoms with Crippen LogP contribution in [0.25, 0.3) is 10.9 Å². The van der Waals surface area contributed by atoms with E-state index in [2.05, 4.69) is 15.9 Å². The van der Waals surface area contributed by atoms with Crippen LogP contribution >= 0.6 is 15.9 Å². The van der Waals surface area contributed by atoms with Gasteiger partial charge in [-0.25, -0.2) is 4.79 Å². The Hall–Kier alpha value is -1.62. The van der Waals surface area contributed by atoms with Crippen molar-refractivity contribution in [1.29, 1.82) is 0 Å². The third kappa shape index (κ3) is 2.18. The van der Waals surface area contributed by atoms with E-state index in [-0.39, 0.29) is 22.7 Å². The highest BCUT2D eigenvalue weighted by atomic mass is 79.9. The van der Waals surface area contributed by atoms with E-state index in [0.29, 0.717) is 10.9 Å². The Kier molecular flexibility index (Phi) is 3.49. The molecule has 1 aromatic carbocycles. The first-order chi connectivity index (χ1) is 8.84. The number of carboxylic acids is 1. The van der Waals surface area contributed by atoms with Gasteiger partial charge in [-0.05, 0) is 39.0 Å². The van der Waals surface area contributed by atoms with Crippen molar-refractivity contribution in [3.8, 4) is 0 Å². The molecule has 0 unspecified atom stereocenters. The van der Waals surface area contributed by atoms with Gasteiger partial charge in [0.1, 0.15) is 5.69 Å². The van der Waals surface area contributed by atoms with Gasteiger partial charge in [0, 0.05) is 21.5 Å². The largest absolute Gasteiger partial charge is 0.477 e. The van der Waals surface area contributed by atoms with Crippen molar-refractivity contribution in [2.75, 3.05) is 0 Å². The predicted molar refractivity (Wildman–Crippen MR) is 78.0 cm³/mol. The first-order valence-corrected chi connectivity index (χ1v) is 6.71. The van der Waals surface area contributed by atoms with Gasteiger partial charge in [0.2, 0.25) is 0 Å². The number of aromatic nitrogens is 1. The summed E-state index contributed by atoms with van der Waals surface area (Å²) in [6.07, 6.45) is 0. The van der Waals surface area contributed by atoms with Crippen LogP contribution in [0, 0.1) is 6.92 Å². The molecule has 0 atom stereocenters. The molecule has 2 aromatic rings. The van der Waals surface area contributed by atoms with Crippen molar-refractivity contribution >= 4 is 32.8 Å². The van der Waals surface area contributed by atoms with Crippen LogP contribution in [0.3, 0.4) is 0 Å². The Balaban J connectivity index is 3.10. The van der Waals surface area contributed by atoms with Gasteiger partial charge in [-0.15, -0.1) is 0 Å². The summed E-state index contributed by atoms with van der Waals surface area (Å²) in [4.78, 5) is 23.7. The minimum atomic E-state index is -1.08. The molecule has 0 spiro atoms. The standard InChI is InChI=1S/C14H14BrNO3/c1-7(2)16-11-6-9(15)4-5-10(11)13(17)8(3)12(16)14(18)19/h4-7H,1-3H3,(H,18,19). The molecule has 0 amide bonds. The second-order valence-electron chi connectivity index (χ2n) is 4.73. The van der Waals surface area contributed by atoms with Crippen LogP contribution in [0.4, 0.5) is 0 Å². The molecular weight excluding hydrogens is 310 g/mol. The molecule has 5 heteroatoms. The van der Waals surface area contributed by atoms with Crippen LogP contribution in [-0.2, 0) is 0 Å². The lowest BCUT2D eigenvalue weighted by Crippen LogP contribution is -2.23. The van der Waals surface area contributed by atoms with Crippen molar-refractivity contribution in [1.82, 2.24) is 4.57 Å². The highest BCUT2D eigenvalue weighted by Crippen LogP contribution is 2.24. The number of halogens is 1. The first kappa shape index (κ1) is 13.8. The van der Waals surface area contributed by atoms with Crippen molar-refractivity contribution < 1.29 is 9.90 Å². The van der Waals surface area contributed by atoms with Gasteiger partial charge < -0.3 is 9.67 Å². The van der Waals surface area contributed by atoms with E-state index in [9.17, 15) is 14.7 Å². The topological polar surface area (TPSA) is 59.3 Å². The predicted octanol–water partition coefficient (Wildman–Crippen LogP) is 3.35. The van der Waals surface area contributed by atoms with E-state index >= 15 is 0 Å². The Morgan fingerprint density at radius 1 is 1.37 bits per heavy atom. The molecule has 0 radical (unpaired) electrons. The van der Waals surface area contributed by atoms with E-state index in [1.165, 1.54) is 0 Å². The highest BCUT2D eigenvalue weighted by Gasteiger charge is 2.20. The molecule has 2 rings (SSSR count). The molecule has 1 aromatic heterocycles. The van der Waals surface area contributed by atoms with Gasteiger partial charge in [0.15, 0.2) is 5.43 Å². The summed E-state index contributed by atoms with van der Waals surface area (Å²) in [5.41, 5.74) is 0.746. The van der Waals surface area contributed by atoms with Crippen LogP contribution < -0.4 is 5.43 Å². The van der Waals surface area contributed by atoms with Crippen molar-refractivity contribution in [3.63, 3.8) is 0 Å². The quantitative estimate of drug-likeness (QED) is 0.921. The lowest BCUT2D eigenvalue weighted by atomic mass is 10.1. The van der Waals surface area contributed by atoms with Crippen LogP contribution in [0.2, 0.25) is 0 Å². The monoisotopic (exact) mass is 323 g/mol. The number of hydrogen-bond acceptors (Lipinski definition) is 2. The zero-order valence-corrected chi connectivity index (χ0v) is 12.5. The summed E-state index contributed by atoms with van der Waals surface area (Å²) in [5.74, 6) is -1.08. The first-order valence-electron chi connectivity index (χ1n) is 5.92. The number of nitrogens with zero attached hydrogens (tertiary/aromatic N) is 1. The number of rotatable bonds is 2. The summed E-state index contributed by atoms with van der Waals surface area (Å²) >= 11 is 3.36. The number of hydrogen-bond donors (Lipinski definition) is 1. The number of pyridine rings is 1. The highest BCUT2D eigenvalue weighted by molar-refractivity contribution is 9.10. The second kappa shape index (κ2) is 4.81. The molecular formula is C14H14BrNO3. The van der Waals surface area contributed by atoms with Crippen LogP contribution in [0.15, 0.2) is 27.5 Å². The van der Waals surface area contributed by atoms with E-state index in [1.54, 1.807) is 29.7 Å². The van der Waals surface area contributed by atoms with Crippen LogP contribution in [-0.4, -0.2) is 15.6 Å². The van der Waals surface area contributed by atoms with Gasteiger partial charge in [0.25, 0.3) is 0 Å². The normalized spacial score (nSPS) is 11.2. The van der Waals surface area contributed by atoms with E-state index in [1.807, 2.05) is 13.8 Å². The Morgan fingerprint density at radius 3 is 2.53 bits per heavy atom. The molecule has 0 fully saturated rings. The van der Waals surface area contributed by atoms with Gasteiger partial charge in [-0.2, -0.15) is 0 Å². The summed E-state index contributed by atoms with van der Waals surface area (Å²) in [6, 6.07) is 5.23. The third-order valence-corrected chi connectivity index (χ3v) is 3.61. The van der Waals surface area contributed by atoms with E-state index in [0.717, 1.165) is 4.47 Å². The summed E-state index contributed by atoms with van der Waals surface area (Å²) in [5, 5.41) is 9.92. The maximum Gasteiger partial charge on any atom is 0.352 e. The van der Waals surface area contributed by atoms with E-state index in [4.69, 9.17) is 0 Å². The maximum absolute atomic E-state index is 12.2. The Morgan fingerprint density at radius 2 is 2.00 bits per heavy atom. The van der Waals surface area contributed by atoms with Gasteiger partial charge in [-0.3, -0.25) is 4.79 Å². The minimum absolute atomic E-state index is 0.0535. The van der Waals surface area contributed by atoms with Crippen molar-refractivity contribution in [2.45, 2.75) is 26.8 Å². The number of fused-ring (bicyclic) bond motifs is 1. The summed E-state index contributed by atoms with van der Waals surface area (Å²) < 4.78 is 2.51. The van der Waals surface area contributed by atoms with Crippen molar-refractivity contribution in [2.24, 2.45) is 0 Å². The SMILES string of the molecule is Cc1c(C(=O)O)n(C(C)C)c2cc(Br)ccc2c1=O. The van der Waals surface area contributed by atoms with E-state index < -0.39 is 5.97 Å². The van der Waals surface area contributed by atoms with Crippen LogP contribution in [0.1, 0.15) is 35.9 Å². The van der Waals surface area contributed by atoms with Gasteiger partial charge >= 0.3 is 5.97 Å². The molecule has 1 heterocycles. The number of carboxylic acid groups (broad SMARTS) is 1. The minimum Gasteiger partial charge on any atom is -0.477 e.